The number of pyridine rings is 1. The van der Waals surface area contributed by atoms with E-state index in [0.717, 1.165) is 38.2 Å². The average molecular weight is 248 g/mol. The molecule has 1 aliphatic rings. The van der Waals surface area contributed by atoms with Crippen molar-refractivity contribution in [1.82, 2.24) is 4.98 Å². The van der Waals surface area contributed by atoms with Crippen LogP contribution in [0.4, 0.5) is 5.69 Å². The van der Waals surface area contributed by atoms with Gasteiger partial charge >= 0.3 is 0 Å². The fraction of sp³-hybridized carbons (Fsp3) is 0.538. The smallest absolute Gasteiger partial charge is 0.267 e. The van der Waals surface area contributed by atoms with Crippen molar-refractivity contribution in [2.24, 2.45) is 16.9 Å². The molecule has 1 aliphatic heterocycles. The van der Waals surface area contributed by atoms with Crippen molar-refractivity contribution >= 4 is 11.6 Å². The van der Waals surface area contributed by atoms with E-state index in [-0.39, 0.29) is 5.41 Å². The highest BCUT2D eigenvalue weighted by molar-refractivity contribution is 5.91. The number of amides is 1. The third-order valence-electron chi connectivity index (χ3n) is 3.82. The fourth-order valence-corrected chi connectivity index (χ4v) is 2.26. The predicted molar refractivity (Wildman–Crippen MR) is 71.4 cm³/mol. The van der Waals surface area contributed by atoms with Crippen molar-refractivity contribution in [3.63, 3.8) is 0 Å². The van der Waals surface area contributed by atoms with Gasteiger partial charge in [0.15, 0.2) is 0 Å². The summed E-state index contributed by atoms with van der Waals surface area (Å²) in [5.41, 5.74) is 12.6. The second-order valence-corrected chi connectivity index (χ2v) is 5.27. The normalized spacial score (nSPS) is 18.7. The summed E-state index contributed by atoms with van der Waals surface area (Å²) in [6.07, 6.45) is 3.77. The summed E-state index contributed by atoms with van der Waals surface area (Å²) in [5.74, 6) is -0.486. The van der Waals surface area contributed by atoms with E-state index in [1.165, 1.54) is 0 Å². The van der Waals surface area contributed by atoms with Gasteiger partial charge in [0, 0.05) is 25.0 Å². The number of piperidine rings is 1. The largest absolute Gasteiger partial charge is 0.371 e. The Morgan fingerprint density at radius 3 is 2.72 bits per heavy atom. The molecule has 0 radical (unpaired) electrons. The average Bonchev–Trinajstić information content (AvgIpc) is 2.40. The highest BCUT2D eigenvalue weighted by Gasteiger charge is 2.28. The van der Waals surface area contributed by atoms with Crippen molar-refractivity contribution in [2.45, 2.75) is 19.8 Å². The van der Waals surface area contributed by atoms with Crippen molar-refractivity contribution in [1.29, 1.82) is 0 Å². The first kappa shape index (κ1) is 12.8. The molecule has 2 rings (SSSR count). The molecule has 0 aliphatic carbocycles. The van der Waals surface area contributed by atoms with Gasteiger partial charge in [0.2, 0.25) is 0 Å². The van der Waals surface area contributed by atoms with Gasteiger partial charge in [-0.05, 0) is 36.9 Å². The van der Waals surface area contributed by atoms with E-state index < -0.39 is 5.91 Å². The molecular weight excluding hydrogens is 228 g/mol. The minimum Gasteiger partial charge on any atom is -0.371 e. The Bertz CT molecular complexity index is 438. The molecule has 18 heavy (non-hydrogen) atoms. The van der Waals surface area contributed by atoms with Crippen LogP contribution >= 0.6 is 0 Å². The number of hydrogen-bond donors (Lipinski definition) is 2. The first-order valence-electron chi connectivity index (χ1n) is 6.25. The van der Waals surface area contributed by atoms with Gasteiger partial charge in [-0.15, -0.1) is 0 Å². The molecule has 1 saturated heterocycles. The number of nitrogens with zero attached hydrogens (tertiary/aromatic N) is 2. The van der Waals surface area contributed by atoms with Crippen LogP contribution in [-0.2, 0) is 0 Å². The van der Waals surface area contributed by atoms with Gasteiger partial charge in [-0.25, -0.2) is 0 Å². The SMILES string of the molecule is CC1(CN)CCN(c2ccnc(C(N)=O)c2)CC1. The Labute approximate surface area is 107 Å². The molecule has 0 atom stereocenters. The molecule has 1 aromatic heterocycles. The quantitative estimate of drug-likeness (QED) is 0.826. The van der Waals surface area contributed by atoms with Crippen molar-refractivity contribution in [2.75, 3.05) is 24.5 Å². The van der Waals surface area contributed by atoms with Crippen LogP contribution in [0.5, 0.6) is 0 Å². The first-order valence-corrected chi connectivity index (χ1v) is 6.25. The third-order valence-corrected chi connectivity index (χ3v) is 3.82. The zero-order valence-corrected chi connectivity index (χ0v) is 10.7. The lowest BCUT2D eigenvalue weighted by Crippen LogP contribution is -2.42. The Hall–Kier alpha value is -1.62. The van der Waals surface area contributed by atoms with E-state index in [9.17, 15) is 4.79 Å². The maximum atomic E-state index is 11.1. The lowest BCUT2D eigenvalue weighted by molar-refractivity contribution is 0.0995. The fourth-order valence-electron chi connectivity index (χ4n) is 2.26. The zero-order valence-electron chi connectivity index (χ0n) is 10.7. The summed E-state index contributed by atoms with van der Waals surface area (Å²) in [4.78, 5) is 17.3. The zero-order chi connectivity index (χ0) is 13.2. The molecule has 1 amide bonds. The maximum absolute atomic E-state index is 11.1. The van der Waals surface area contributed by atoms with Crippen LogP contribution < -0.4 is 16.4 Å². The van der Waals surface area contributed by atoms with Crippen LogP contribution in [0.25, 0.3) is 0 Å². The van der Waals surface area contributed by atoms with Gasteiger partial charge in [0.25, 0.3) is 5.91 Å². The molecule has 0 unspecified atom stereocenters. The minimum absolute atomic E-state index is 0.246. The van der Waals surface area contributed by atoms with Gasteiger partial charge in [0.05, 0.1) is 0 Å². The maximum Gasteiger partial charge on any atom is 0.267 e. The second-order valence-electron chi connectivity index (χ2n) is 5.27. The number of nitrogens with two attached hydrogens (primary N) is 2. The van der Waals surface area contributed by atoms with Gasteiger partial charge in [-0.3, -0.25) is 9.78 Å². The number of rotatable bonds is 3. The number of primary amides is 1. The van der Waals surface area contributed by atoms with Crippen molar-refractivity contribution in [3.8, 4) is 0 Å². The molecule has 0 bridgehead atoms. The molecule has 0 aromatic carbocycles. The number of anilines is 1. The number of aromatic nitrogens is 1. The summed E-state index contributed by atoms with van der Waals surface area (Å²) in [6.45, 7) is 4.86. The molecular formula is C13H20N4O. The molecule has 1 fully saturated rings. The molecule has 4 N–H and O–H groups in total. The molecule has 2 heterocycles. The monoisotopic (exact) mass is 248 g/mol. The van der Waals surface area contributed by atoms with Crippen molar-refractivity contribution in [3.05, 3.63) is 24.0 Å². The Morgan fingerprint density at radius 2 is 2.17 bits per heavy atom. The Balaban J connectivity index is 2.10. The molecule has 1 aromatic rings. The summed E-state index contributed by atoms with van der Waals surface area (Å²) >= 11 is 0. The number of carbonyl (C=O) groups is 1. The van der Waals surface area contributed by atoms with E-state index in [2.05, 4.69) is 16.8 Å². The first-order chi connectivity index (χ1) is 8.54. The molecule has 5 nitrogen and oxygen atoms in total. The lowest BCUT2D eigenvalue weighted by atomic mass is 9.80. The molecule has 0 saturated carbocycles. The third kappa shape index (κ3) is 2.61. The molecule has 0 spiro atoms. The molecule has 5 heteroatoms. The summed E-state index contributed by atoms with van der Waals surface area (Å²) in [5, 5.41) is 0. The van der Waals surface area contributed by atoms with Gasteiger partial charge in [0.1, 0.15) is 5.69 Å². The highest BCUT2D eigenvalue weighted by atomic mass is 16.1. The topological polar surface area (TPSA) is 85.2 Å². The van der Waals surface area contributed by atoms with Crippen LogP contribution in [0.2, 0.25) is 0 Å². The summed E-state index contributed by atoms with van der Waals surface area (Å²) < 4.78 is 0. The van der Waals surface area contributed by atoms with Crippen LogP contribution in [0.1, 0.15) is 30.3 Å². The van der Waals surface area contributed by atoms with Crippen LogP contribution in [0.3, 0.4) is 0 Å². The van der Waals surface area contributed by atoms with Gasteiger partial charge in [-0.1, -0.05) is 6.92 Å². The predicted octanol–water partition coefficient (Wildman–Crippen LogP) is 0.746. The molecule has 98 valence electrons. The highest BCUT2D eigenvalue weighted by Crippen LogP contribution is 2.31. The van der Waals surface area contributed by atoms with Gasteiger partial charge in [-0.2, -0.15) is 0 Å². The van der Waals surface area contributed by atoms with Crippen molar-refractivity contribution < 1.29 is 4.79 Å². The Kier molecular flexibility index (Phi) is 3.52. The van der Waals surface area contributed by atoms with E-state index in [1.54, 1.807) is 12.3 Å². The Morgan fingerprint density at radius 1 is 1.50 bits per heavy atom. The van der Waals surface area contributed by atoms with E-state index >= 15 is 0 Å². The minimum atomic E-state index is -0.486. The number of hydrogen-bond acceptors (Lipinski definition) is 4. The second kappa shape index (κ2) is 4.94. The van der Waals surface area contributed by atoms with E-state index in [1.807, 2.05) is 6.07 Å². The van der Waals surface area contributed by atoms with E-state index in [0.29, 0.717) is 5.69 Å². The van der Waals surface area contributed by atoms with E-state index in [4.69, 9.17) is 11.5 Å². The lowest BCUT2D eigenvalue weighted by Gasteiger charge is -2.39. The van der Waals surface area contributed by atoms with Crippen LogP contribution in [0, 0.1) is 5.41 Å². The standard InChI is InChI=1S/C13H20N4O/c1-13(9-14)3-6-17(7-4-13)10-2-5-16-11(8-10)12(15)18/h2,5,8H,3-4,6-7,9,14H2,1H3,(H2,15,18). The van der Waals surface area contributed by atoms with Crippen LogP contribution in [0.15, 0.2) is 18.3 Å². The summed E-state index contributed by atoms with van der Waals surface area (Å²) in [6, 6.07) is 3.67. The van der Waals surface area contributed by atoms with Gasteiger partial charge < -0.3 is 16.4 Å². The summed E-state index contributed by atoms with van der Waals surface area (Å²) in [7, 11) is 0. The van der Waals surface area contributed by atoms with Crippen LogP contribution in [-0.4, -0.2) is 30.5 Å². The number of carbonyl (C=O) groups excluding carboxylic acids is 1.